The molecule has 2 aromatic carbocycles. The van der Waals surface area contributed by atoms with Crippen molar-refractivity contribution in [1.29, 1.82) is 0 Å². The van der Waals surface area contributed by atoms with E-state index in [2.05, 4.69) is 0 Å². The quantitative estimate of drug-likeness (QED) is 0.589. The Labute approximate surface area is 145 Å². The molecule has 1 saturated heterocycles. The Morgan fingerprint density at radius 2 is 1.75 bits per heavy atom. The summed E-state index contributed by atoms with van der Waals surface area (Å²) in [5, 5.41) is -0.289. The average molecular weight is 362 g/mol. The number of carbonyl (C=O) groups is 3. The minimum Gasteiger partial charge on any atom is -0.268 e. The number of hydrogen-bond acceptors (Lipinski definition) is 4. The summed E-state index contributed by atoms with van der Waals surface area (Å²) in [6, 6.07) is 11.7. The van der Waals surface area contributed by atoms with Gasteiger partial charge in [-0.25, -0.2) is 9.29 Å². The third-order valence-corrected chi connectivity index (χ3v) is 4.40. The molecule has 4 nitrogen and oxygen atoms in total. The van der Waals surface area contributed by atoms with E-state index in [9.17, 15) is 18.8 Å². The minimum atomic E-state index is -0.770. The summed E-state index contributed by atoms with van der Waals surface area (Å²) in [6.07, 6.45) is 1.26. The van der Waals surface area contributed by atoms with Gasteiger partial charge in [-0.15, -0.1) is 0 Å². The molecule has 3 rings (SSSR count). The van der Waals surface area contributed by atoms with E-state index >= 15 is 0 Å². The molecule has 0 unspecified atom stereocenters. The molecule has 1 heterocycles. The van der Waals surface area contributed by atoms with Crippen LogP contribution < -0.4 is 0 Å². The van der Waals surface area contributed by atoms with E-state index in [0.29, 0.717) is 21.7 Å². The van der Waals surface area contributed by atoms with Gasteiger partial charge in [0.05, 0.1) is 4.91 Å². The molecule has 24 heavy (non-hydrogen) atoms. The number of rotatable bonds is 2. The largest absolute Gasteiger partial charge is 0.300 e. The topological polar surface area (TPSA) is 54.5 Å². The lowest BCUT2D eigenvalue weighted by molar-refractivity contribution is -0.120. The molecule has 3 amide bonds. The molecule has 0 bridgehead atoms. The van der Waals surface area contributed by atoms with E-state index in [-0.39, 0.29) is 16.0 Å². The molecule has 1 aliphatic heterocycles. The lowest BCUT2D eigenvalue weighted by atomic mass is 10.2. The minimum absolute atomic E-state index is 0.00702. The van der Waals surface area contributed by atoms with Gasteiger partial charge in [-0.1, -0.05) is 29.8 Å². The van der Waals surface area contributed by atoms with Gasteiger partial charge < -0.3 is 0 Å². The maximum Gasteiger partial charge on any atom is 0.300 e. The second-order valence-electron chi connectivity index (χ2n) is 4.85. The fraction of sp³-hybridized carbons (Fsp3) is 0. The fourth-order valence-electron chi connectivity index (χ4n) is 2.10. The first-order valence-corrected chi connectivity index (χ1v) is 7.99. The molecule has 2 aromatic rings. The van der Waals surface area contributed by atoms with Crippen LogP contribution in [0.2, 0.25) is 5.02 Å². The number of nitrogens with zero attached hydrogens (tertiary/aromatic N) is 1. The third kappa shape index (κ3) is 3.11. The standard InChI is InChI=1S/C17H9ClFNO3S/c18-12-7-5-10(6-8-12)15(21)20-16(22)14(24-17(20)23)9-11-3-1-2-4-13(11)19/h1-9H. The van der Waals surface area contributed by atoms with Gasteiger partial charge in [-0.2, -0.15) is 0 Å². The maximum atomic E-state index is 13.7. The molecule has 0 aromatic heterocycles. The van der Waals surface area contributed by atoms with Gasteiger partial charge in [0.15, 0.2) is 0 Å². The van der Waals surface area contributed by atoms with Crippen LogP contribution in [-0.4, -0.2) is 22.0 Å². The van der Waals surface area contributed by atoms with E-state index in [0.717, 1.165) is 0 Å². The monoisotopic (exact) mass is 361 g/mol. The van der Waals surface area contributed by atoms with Crippen molar-refractivity contribution in [2.24, 2.45) is 0 Å². The van der Waals surface area contributed by atoms with Crippen molar-refractivity contribution in [2.45, 2.75) is 0 Å². The van der Waals surface area contributed by atoms with Crippen molar-refractivity contribution in [1.82, 2.24) is 4.90 Å². The van der Waals surface area contributed by atoms with Crippen LogP contribution in [0.5, 0.6) is 0 Å². The Kier molecular flexibility index (Phi) is 4.51. The van der Waals surface area contributed by atoms with Gasteiger partial charge in [0.25, 0.3) is 11.8 Å². The predicted octanol–water partition coefficient (Wildman–Crippen LogP) is 4.36. The van der Waals surface area contributed by atoms with Crippen LogP contribution in [0.1, 0.15) is 15.9 Å². The Morgan fingerprint density at radius 1 is 1.08 bits per heavy atom. The Bertz CT molecular complexity index is 880. The second kappa shape index (κ2) is 6.59. The third-order valence-electron chi connectivity index (χ3n) is 3.28. The Balaban J connectivity index is 1.91. The highest BCUT2D eigenvalue weighted by Crippen LogP contribution is 2.33. The van der Waals surface area contributed by atoms with Crippen molar-refractivity contribution < 1.29 is 18.8 Å². The van der Waals surface area contributed by atoms with Gasteiger partial charge in [0.1, 0.15) is 5.82 Å². The van der Waals surface area contributed by atoms with Crippen LogP contribution in [0.15, 0.2) is 53.4 Å². The van der Waals surface area contributed by atoms with Gasteiger partial charge in [-0.05, 0) is 48.2 Å². The SMILES string of the molecule is O=C1SC(=Cc2ccccc2F)C(=O)N1C(=O)c1ccc(Cl)cc1. The zero-order valence-electron chi connectivity index (χ0n) is 12.0. The van der Waals surface area contributed by atoms with Crippen LogP contribution in [0.4, 0.5) is 9.18 Å². The van der Waals surface area contributed by atoms with E-state index < -0.39 is 22.9 Å². The molecule has 1 aliphatic rings. The summed E-state index contributed by atoms with van der Waals surface area (Å²) in [4.78, 5) is 37.3. The molecular weight excluding hydrogens is 353 g/mol. The molecule has 7 heteroatoms. The molecule has 0 saturated carbocycles. The molecule has 120 valence electrons. The molecule has 0 aliphatic carbocycles. The van der Waals surface area contributed by atoms with E-state index in [1.165, 1.54) is 48.5 Å². The number of hydrogen-bond donors (Lipinski definition) is 0. The molecule has 0 spiro atoms. The zero-order chi connectivity index (χ0) is 17.3. The highest BCUT2D eigenvalue weighted by molar-refractivity contribution is 8.18. The van der Waals surface area contributed by atoms with Gasteiger partial charge in [-0.3, -0.25) is 14.4 Å². The summed E-state index contributed by atoms with van der Waals surface area (Å²) < 4.78 is 13.7. The molecule has 0 radical (unpaired) electrons. The van der Waals surface area contributed by atoms with Crippen molar-refractivity contribution >= 4 is 46.5 Å². The van der Waals surface area contributed by atoms with E-state index in [1.807, 2.05) is 0 Å². The number of carbonyl (C=O) groups excluding carboxylic acids is 3. The molecule has 0 N–H and O–H groups in total. The van der Waals surface area contributed by atoms with Crippen molar-refractivity contribution in [3.8, 4) is 0 Å². The van der Waals surface area contributed by atoms with Gasteiger partial charge in [0, 0.05) is 16.1 Å². The smallest absolute Gasteiger partial charge is 0.268 e. The van der Waals surface area contributed by atoms with Gasteiger partial charge in [0.2, 0.25) is 0 Å². The normalized spacial score (nSPS) is 16.1. The van der Waals surface area contributed by atoms with Crippen LogP contribution in [0.25, 0.3) is 6.08 Å². The summed E-state index contributed by atoms with van der Waals surface area (Å²) >= 11 is 6.35. The van der Waals surface area contributed by atoms with E-state index in [4.69, 9.17) is 11.6 Å². The van der Waals surface area contributed by atoms with E-state index in [1.54, 1.807) is 6.07 Å². The maximum absolute atomic E-state index is 13.7. The Hall–Kier alpha value is -2.44. The van der Waals surface area contributed by atoms with Crippen LogP contribution in [0, 0.1) is 5.82 Å². The summed E-state index contributed by atoms with van der Waals surface area (Å²) in [6.45, 7) is 0. The lowest BCUT2D eigenvalue weighted by Crippen LogP contribution is -2.34. The van der Waals surface area contributed by atoms with Crippen molar-refractivity contribution in [3.05, 3.63) is 75.4 Å². The van der Waals surface area contributed by atoms with Gasteiger partial charge >= 0.3 is 5.24 Å². The zero-order valence-corrected chi connectivity index (χ0v) is 13.6. The predicted molar refractivity (Wildman–Crippen MR) is 90.0 cm³/mol. The number of amides is 3. The van der Waals surface area contributed by atoms with Crippen LogP contribution in [0.3, 0.4) is 0 Å². The average Bonchev–Trinajstić information content (AvgIpc) is 2.84. The molecule has 0 atom stereocenters. The first kappa shape index (κ1) is 16.4. The summed E-state index contributed by atoms with van der Waals surface area (Å²) in [5.74, 6) is -2.03. The van der Waals surface area contributed by atoms with Crippen LogP contribution in [-0.2, 0) is 4.79 Å². The second-order valence-corrected chi connectivity index (χ2v) is 6.28. The number of thioether (sulfide) groups is 1. The first-order valence-electron chi connectivity index (χ1n) is 6.80. The summed E-state index contributed by atoms with van der Waals surface area (Å²) in [7, 11) is 0. The lowest BCUT2D eigenvalue weighted by Gasteiger charge is -2.10. The number of halogens is 2. The number of imide groups is 3. The molecule has 1 fully saturated rings. The first-order chi connectivity index (χ1) is 11.5. The highest BCUT2D eigenvalue weighted by Gasteiger charge is 2.40. The Morgan fingerprint density at radius 3 is 2.42 bits per heavy atom. The molecular formula is C17H9ClFNO3S. The fourth-order valence-corrected chi connectivity index (χ4v) is 3.03. The van der Waals surface area contributed by atoms with Crippen LogP contribution >= 0.6 is 23.4 Å². The summed E-state index contributed by atoms with van der Waals surface area (Å²) in [5.41, 5.74) is 0.329. The number of benzene rings is 2. The highest BCUT2D eigenvalue weighted by atomic mass is 35.5. The van der Waals surface area contributed by atoms with Crippen molar-refractivity contribution in [2.75, 3.05) is 0 Å². The van der Waals surface area contributed by atoms with Crippen molar-refractivity contribution in [3.63, 3.8) is 0 Å².